The minimum absolute atomic E-state index is 0. The summed E-state index contributed by atoms with van der Waals surface area (Å²) in [6, 6.07) is 6.63. The van der Waals surface area contributed by atoms with Crippen LogP contribution in [0, 0.1) is 0 Å². The van der Waals surface area contributed by atoms with Gasteiger partial charge in [-0.15, -0.1) is 12.4 Å². The van der Waals surface area contributed by atoms with E-state index >= 15 is 0 Å². The van der Waals surface area contributed by atoms with Crippen molar-refractivity contribution in [3.63, 3.8) is 0 Å². The van der Waals surface area contributed by atoms with Crippen LogP contribution in [-0.2, 0) is 0 Å². The van der Waals surface area contributed by atoms with Gasteiger partial charge in [-0.3, -0.25) is 0 Å². The highest BCUT2D eigenvalue weighted by atomic mass is 79.9. The number of rotatable bonds is 1. The van der Waals surface area contributed by atoms with Crippen molar-refractivity contribution in [2.24, 2.45) is 0 Å². The van der Waals surface area contributed by atoms with E-state index in [2.05, 4.69) is 33.4 Å². The second kappa shape index (κ2) is 4.65. The Hall–Kier alpha value is 0.240. The van der Waals surface area contributed by atoms with Gasteiger partial charge >= 0.3 is 0 Å². The molecule has 1 fully saturated rings. The summed E-state index contributed by atoms with van der Waals surface area (Å²) < 4.78 is 0.982. The second-order valence-corrected chi connectivity index (χ2v) is 4.23. The summed E-state index contributed by atoms with van der Waals surface area (Å²) in [5.74, 6) is 0. The molecule has 1 aliphatic heterocycles. The summed E-state index contributed by atoms with van der Waals surface area (Å²) in [7, 11) is 0. The predicted molar refractivity (Wildman–Crippen MR) is 61.8 cm³/mol. The van der Waals surface area contributed by atoms with E-state index in [-0.39, 0.29) is 12.4 Å². The molecule has 0 unspecified atom stereocenters. The zero-order chi connectivity index (χ0) is 8.55. The summed E-state index contributed by atoms with van der Waals surface area (Å²) in [4.78, 5) is 0. The molecule has 1 aromatic rings. The van der Waals surface area contributed by atoms with Gasteiger partial charge in [0.05, 0.1) is 5.02 Å². The Morgan fingerprint density at radius 2 is 2.15 bits per heavy atom. The molecular weight excluding hydrogens is 273 g/mol. The Balaban J connectivity index is 0.000000845. The fourth-order valence-electron chi connectivity index (χ4n) is 1.30. The highest BCUT2D eigenvalue weighted by molar-refractivity contribution is 9.10. The number of hydrogen-bond acceptors (Lipinski definition) is 1. The highest BCUT2D eigenvalue weighted by Gasteiger charge is 2.18. The van der Waals surface area contributed by atoms with Crippen LogP contribution < -0.4 is 5.32 Å². The second-order valence-electron chi connectivity index (χ2n) is 2.97. The first kappa shape index (κ1) is 11.3. The molecule has 1 nitrogen and oxygen atoms in total. The molecule has 0 spiro atoms. The van der Waals surface area contributed by atoms with Gasteiger partial charge in [-0.2, -0.15) is 0 Å². The van der Waals surface area contributed by atoms with Crippen molar-refractivity contribution in [3.05, 3.63) is 33.3 Å². The summed E-state index contributed by atoms with van der Waals surface area (Å²) in [6.45, 7) is 1.13. The average molecular weight is 283 g/mol. The molecule has 1 saturated heterocycles. The molecule has 13 heavy (non-hydrogen) atoms. The van der Waals surface area contributed by atoms with Gasteiger partial charge in [-0.25, -0.2) is 0 Å². The van der Waals surface area contributed by atoms with Crippen LogP contribution in [0.3, 0.4) is 0 Å². The maximum Gasteiger partial charge on any atom is 0.0548 e. The Bertz CT molecular complexity index is 300. The van der Waals surface area contributed by atoms with Crippen LogP contribution in [0.1, 0.15) is 18.0 Å². The van der Waals surface area contributed by atoms with Gasteiger partial charge in [0.15, 0.2) is 0 Å². The van der Waals surface area contributed by atoms with Gasteiger partial charge in [-0.05, 0) is 46.6 Å². The topological polar surface area (TPSA) is 12.0 Å². The molecule has 0 radical (unpaired) electrons. The van der Waals surface area contributed by atoms with Crippen LogP contribution in [0.25, 0.3) is 0 Å². The Labute approximate surface area is 97.4 Å². The zero-order valence-electron chi connectivity index (χ0n) is 6.89. The van der Waals surface area contributed by atoms with Crippen molar-refractivity contribution in [1.82, 2.24) is 5.32 Å². The molecule has 1 heterocycles. The van der Waals surface area contributed by atoms with Crippen molar-refractivity contribution in [2.45, 2.75) is 12.5 Å². The first-order chi connectivity index (χ1) is 5.77. The number of halogens is 3. The molecule has 0 aromatic heterocycles. The summed E-state index contributed by atoms with van der Waals surface area (Å²) >= 11 is 9.29. The zero-order valence-corrected chi connectivity index (χ0v) is 10.0. The number of hydrogen-bond donors (Lipinski definition) is 1. The predicted octanol–water partition coefficient (Wildman–Crippen LogP) is 3.56. The normalized spacial score (nSPS) is 20.3. The van der Waals surface area contributed by atoms with E-state index in [0.717, 1.165) is 16.0 Å². The molecule has 0 saturated carbocycles. The Kier molecular flexibility index (Phi) is 4.05. The average Bonchev–Trinajstić information content (AvgIpc) is 1.93. The third-order valence-corrected chi connectivity index (χ3v) is 3.38. The lowest BCUT2D eigenvalue weighted by Gasteiger charge is -2.28. The molecule has 0 amide bonds. The molecule has 1 aromatic carbocycles. The monoisotopic (exact) mass is 281 g/mol. The third kappa shape index (κ3) is 2.38. The van der Waals surface area contributed by atoms with Crippen LogP contribution in [0.15, 0.2) is 22.7 Å². The smallest absolute Gasteiger partial charge is 0.0548 e. The van der Waals surface area contributed by atoms with Crippen molar-refractivity contribution in [3.8, 4) is 0 Å². The van der Waals surface area contributed by atoms with Gasteiger partial charge in [-0.1, -0.05) is 17.7 Å². The molecule has 72 valence electrons. The van der Waals surface area contributed by atoms with E-state index in [4.69, 9.17) is 11.6 Å². The molecule has 0 aliphatic carbocycles. The molecule has 1 atom stereocenters. The molecule has 1 N–H and O–H groups in total. The van der Waals surface area contributed by atoms with Crippen LogP contribution >= 0.6 is 39.9 Å². The maximum absolute atomic E-state index is 5.88. The minimum Gasteiger partial charge on any atom is -0.310 e. The van der Waals surface area contributed by atoms with Gasteiger partial charge in [0, 0.05) is 10.5 Å². The van der Waals surface area contributed by atoms with Gasteiger partial charge < -0.3 is 5.32 Å². The van der Waals surface area contributed by atoms with Gasteiger partial charge in [0.25, 0.3) is 0 Å². The summed E-state index contributed by atoms with van der Waals surface area (Å²) in [6.07, 6.45) is 1.23. The SMILES string of the molecule is Cl.Clc1ccc([C@@H]2CCN2)cc1Br. The molecule has 4 heteroatoms. The fraction of sp³-hybridized carbons (Fsp3) is 0.333. The van der Waals surface area contributed by atoms with Crippen LogP contribution in [0.4, 0.5) is 0 Å². The quantitative estimate of drug-likeness (QED) is 0.831. The first-order valence-electron chi connectivity index (χ1n) is 3.96. The lowest BCUT2D eigenvalue weighted by Crippen LogP contribution is -2.34. The third-order valence-electron chi connectivity index (χ3n) is 2.17. The van der Waals surface area contributed by atoms with Crippen LogP contribution in [0.5, 0.6) is 0 Å². The van der Waals surface area contributed by atoms with E-state index in [0.29, 0.717) is 6.04 Å². The van der Waals surface area contributed by atoms with E-state index in [1.165, 1.54) is 12.0 Å². The summed E-state index contributed by atoms with van der Waals surface area (Å²) in [5, 5.41) is 4.12. The summed E-state index contributed by atoms with van der Waals surface area (Å²) in [5.41, 5.74) is 1.32. The van der Waals surface area contributed by atoms with Crippen molar-refractivity contribution in [2.75, 3.05) is 6.54 Å². The van der Waals surface area contributed by atoms with Crippen molar-refractivity contribution >= 4 is 39.9 Å². The molecule has 1 aliphatic rings. The fourth-order valence-corrected chi connectivity index (χ4v) is 1.82. The van der Waals surface area contributed by atoms with Gasteiger partial charge in [0.1, 0.15) is 0 Å². The van der Waals surface area contributed by atoms with Crippen molar-refractivity contribution < 1.29 is 0 Å². The first-order valence-corrected chi connectivity index (χ1v) is 5.13. The molecule has 2 rings (SSSR count). The number of benzene rings is 1. The number of nitrogens with one attached hydrogen (secondary N) is 1. The maximum atomic E-state index is 5.88. The minimum atomic E-state index is 0. The van der Waals surface area contributed by atoms with E-state index in [1.54, 1.807) is 0 Å². The van der Waals surface area contributed by atoms with Crippen LogP contribution in [0.2, 0.25) is 5.02 Å². The lowest BCUT2D eigenvalue weighted by molar-refractivity contribution is 0.383. The largest absolute Gasteiger partial charge is 0.310 e. The van der Waals surface area contributed by atoms with Crippen LogP contribution in [-0.4, -0.2) is 6.54 Å². The molecule has 0 bridgehead atoms. The highest BCUT2D eigenvalue weighted by Crippen LogP contribution is 2.29. The van der Waals surface area contributed by atoms with E-state index in [1.807, 2.05) is 6.07 Å². The lowest BCUT2D eigenvalue weighted by atomic mass is 9.98. The van der Waals surface area contributed by atoms with E-state index in [9.17, 15) is 0 Å². The van der Waals surface area contributed by atoms with Gasteiger partial charge in [0.2, 0.25) is 0 Å². The Morgan fingerprint density at radius 3 is 2.62 bits per heavy atom. The Morgan fingerprint density at radius 1 is 1.46 bits per heavy atom. The standard InChI is InChI=1S/C9H9BrClN.ClH/c10-7-5-6(1-2-8(7)11)9-3-4-12-9;/h1-2,5,9,12H,3-4H2;1H/t9-;/m0./s1. The molecular formula is C9H10BrCl2N. The van der Waals surface area contributed by atoms with Crippen molar-refractivity contribution in [1.29, 1.82) is 0 Å². The van der Waals surface area contributed by atoms with E-state index < -0.39 is 0 Å².